The number of nitrogens with zero attached hydrogens (tertiary/aromatic N) is 5. The monoisotopic (exact) mass is 561 g/mol. The van der Waals surface area contributed by atoms with Gasteiger partial charge < -0.3 is 24.5 Å². The van der Waals surface area contributed by atoms with Gasteiger partial charge in [0.2, 0.25) is 0 Å². The largest absolute Gasteiger partial charge is 0.489 e. The van der Waals surface area contributed by atoms with Crippen molar-refractivity contribution >= 4 is 17.6 Å². The zero-order chi connectivity index (χ0) is 28.5. The smallest absolute Gasteiger partial charge is 0.419 e. The van der Waals surface area contributed by atoms with E-state index in [9.17, 15) is 27.7 Å². The lowest BCUT2D eigenvalue weighted by Gasteiger charge is -2.35. The Hall–Kier alpha value is -4.13. The highest BCUT2D eigenvalue weighted by atomic mass is 19.4. The van der Waals surface area contributed by atoms with E-state index >= 15 is 0 Å². The van der Waals surface area contributed by atoms with Gasteiger partial charge in [-0.1, -0.05) is 24.3 Å². The fourth-order valence-corrected chi connectivity index (χ4v) is 4.76. The molecule has 0 N–H and O–H groups in total. The first-order chi connectivity index (χ1) is 19.0. The Morgan fingerprint density at radius 3 is 2.52 bits per heavy atom. The van der Waals surface area contributed by atoms with Crippen LogP contribution in [0.15, 0.2) is 54.7 Å². The highest BCUT2D eigenvalue weighted by molar-refractivity contribution is 5.52. The van der Waals surface area contributed by atoms with Crippen molar-refractivity contribution in [3.8, 4) is 11.8 Å². The molecule has 1 saturated heterocycles. The third-order valence-electron chi connectivity index (χ3n) is 6.87. The van der Waals surface area contributed by atoms with Crippen molar-refractivity contribution in [2.75, 3.05) is 44.2 Å². The molecule has 3 aromatic rings. The van der Waals surface area contributed by atoms with Gasteiger partial charge in [-0.25, -0.2) is 4.39 Å². The second-order valence-corrected chi connectivity index (χ2v) is 10.00. The van der Waals surface area contributed by atoms with Crippen LogP contribution < -0.4 is 14.4 Å². The summed E-state index contributed by atoms with van der Waals surface area (Å²) in [4.78, 5) is 18.6. The number of benzene rings is 2. The number of rotatable bonds is 8. The molecule has 1 aromatic heterocycles. The average molecular weight is 562 g/mol. The van der Waals surface area contributed by atoms with E-state index in [-0.39, 0.29) is 24.0 Å². The van der Waals surface area contributed by atoms with Gasteiger partial charge in [0.05, 0.1) is 12.1 Å². The number of nitro groups is 1. The minimum atomic E-state index is -4.73. The molecule has 2 aliphatic rings. The first kappa shape index (κ1) is 27.4. The summed E-state index contributed by atoms with van der Waals surface area (Å²) in [5, 5.41) is 10.9. The van der Waals surface area contributed by atoms with E-state index in [1.807, 2.05) is 31.2 Å². The summed E-state index contributed by atoms with van der Waals surface area (Å²) in [7, 11) is 0. The Morgan fingerprint density at radius 1 is 1.15 bits per heavy atom. The van der Waals surface area contributed by atoms with Gasteiger partial charge in [0, 0.05) is 49.0 Å². The van der Waals surface area contributed by atoms with Crippen LogP contribution in [0.1, 0.15) is 18.1 Å². The maximum atomic E-state index is 14.2. The van der Waals surface area contributed by atoms with Crippen molar-refractivity contribution in [3.63, 3.8) is 0 Å². The molecule has 13 heteroatoms. The Bertz CT molecular complexity index is 1380. The van der Waals surface area contributed by atoms with Gasteiger partial charge in [0.15, 0.2) is 5.60 Å². The fourth-order valence-electron chi connectivity index (χ4n) is 4.76. The van der Waals surface area contributed by atoms with E-state index in [1.165, 1.54) is 24.4 Å². The standard InChI is InChI=1S/C27H27F4N5O4/c1-26(17-35-16-23(36(37)38)32-25(35)40-26)18-39-21-9-7-20(8-10-21)34-14-12-33(13-15-34)11-3-5-19-4-2-6-22(24(19)28)27(29,30)31/h2-10,16H,11-15,17-18H2,1H3/b5-3+/t26-/m1/s1. The molecular formula is C27H27F4N5O4. The lowest BCUT2D eigenvalue weighted by Crippen LogP contribution is -2.46. The summed E-state index contributed by atoms with van der Waals surface area (Å²) in [5.41, 5.74) is -1.02. The summed E-state index contributed by atoms with van der Waals surface area (Å²) in [6.45, 7) is 5.99. The van der Waals surface area contributed by atoms with Crippen molar-refractivity contribution in [1.82, 2.24) is 14.5 Å². The molecule has 1 fully saturated rings. The first-order valence-electron chi connectivity index (χ1n) is 12.6. The molecular weight excluding hydrogens is 534 g/mol. The second-order valence-electron chi connectivity index (χ2n) is 10.00. The van der Waals surface area contributed by atoms with Gasteiger partial charge in [-0.05, 0) is 42.2 Å². The Balaban J connectivity index is 1.08. The van der Waals surface area contributed by atoms with E-state index in [0.29, 0.717) is 18.8 Å². The first-order valence-corrected chi connectivity index (χ1v) is 12.6. The number of imidazole rings is 1. The van der Waals surface area contributed by atoms with E-state index < -0.39 is 28.1 Å². The maximum absolute atomic E-state index is 14.2. The summed E-state index contributed by atoms with van der Waals surface area (Å²) in [6, 6.07) is 11.1. The Morgan fingerprint density at radius 2 is 1.88 bits per heavy atom. The van der Waals surface area contributed by atoms with Crippen LogP contribution in [-0.2, 0) is 12.7 Å². The molecule has 9 nitrogen and oxygen atoms in total. The molecule has 5 rings (SSSR count). The van der Waals surface area contributed by atoms with Gasteiger partial charge >= 0.3 is 18.0 Å². The number of fused-ring (bicyclic) bond motifs is 1. The predicted molar refractivity (Wildman–Crippen MR) is 139 cm³/mol. The van der Waals surface area contributed by atoms with Gasteiger partial charge in [-0.15, -0.1) is 0 Å². The SMILES string of the molecule is C[C@]1(COc2ccc(N3CCN(C/C=C/c4cccc(C(F)(F)F)c4F)CC3)cc2)Cn2cc([N+](=O)[O-])nc2O1. The number of halogens is 4. The topological polar surface area (TPSA) is 85.9 Å². The Labute approximate surface area is 227 Å². The zero-order valence-electron chi connectivity index (χ0n) is 21.6. The minimum absolute atomic E-state index is 0.0841. The summed E-state index contributed by atoms with van der Waals surface area (Å²) in [5.74, 6) is -0.849. The minimum Gasteiger partial charge on any atom is -0.489 e. The summed E-state index contributed by atoms with van der Waals surface area (Å²) in [6.07, 6.45) is -0.301. The van der Waals surface area contributed by atoms with E-state index in [0.717, 1.165) is 37.9 Å². The van der Waals surface area contributed by atoms with Crippen LogP contribution in [0, 0.1) is 15.9 Å². The summed E-state index contributed by atoms with van der Waals surface area (Å²) >= 11 is 0. The third kappa shape index (κ3) is 6.03. The molecule has 0 aliphatic carbocycles. The molecule has 0 unspecified atom stereocenters. The molecule has 0 bridgehead atoms. The van der Waals surface area contributed by atoms with E-state index in [2.05, 4.69) is 14.8 Å². The Kier molecular flexibility index (Phi) is 7.41. The molecule has 3 heterocycles. The van der Waals surface area contributed by atoms with Gasteiger partial charge in [0.25, 0.3) is 0 Å². The number of anilines is 1. The third-order valence-corrected chi connectivity index (χ3v) is 6.87. The van der Waals surface area contributed by atoms with Crippen LogP contribution >= 0.6 is 0 Å². The molecule has 0 radical (unpaired) electrons. The molecule has 0 amide bonds. The van der Waals surface area contributed by atoms with Crippen LogP contribution in [0.25, 0.3) is 6.08 Å². The van der Waals surface area contributed by atoms with Crippen LogP contribution in [0.4, 0.5) is 29.1 Å². The lowest BCUT2D eigenvalue weighted by molar-refractivity contribution is -0.389. The molecule has 2 aliphatic heterocycles. The van der Waals surface area contributed by atoms with Gasteiger partial charge in [-0.3, -0.25) is 9.47 Å². The molecule has 40 heavy (non-hydrogen) atoms. The van der Waals surface area contributed by atoms with Crippen molar-refractivity contribution < 1.29 is 32.0 Å². The van der Waals surface area contributed by atoms with Crippen LogP contribution in [0.5, 0.6) is 11.8 Å². The number of hydrogen-bond donors (Lipinski definition) is 0. The zero-order valence-corrected chi connectivity index (χ0v) is 21.6. The second kappa shape index (κ2) is 10.8. The van der Waals surface area contributed by atoms with E-state index in [1.54, 1.807) is 10.6 Å². The molecule has 0 spiro atoms. The van der Waals surface area contributed by atoms with Crippen molar-refractivity contribution in [2.45, 2.75) is 25.2 Å². The number of aromatic nitrogens is 2. The quantitative estimate of drug-likeness (QED) is 0.217. The number of alkyl halides is 3. The normalized spacial score (nSPS) is 19.6. The number of piperazine rings is 1. The summed E-state index contributed by atoms with van der Waals surface area (Å²) < 4.78 is 66.3. The lowest BCUT2D eigenvalue weighted by atomic mass is 10.1. The molecule has 2 aromatic carbocycles. The van der Waals surface area contributed by atoms with Crippen molar-refractivity contribution in [3.05, 3.63) is 81.8 Å². The van der Waals surface area contributed by atoms with Crippen LogP contribution in [0.3, 0.4) is 0 Å². The van der Waals surface area contributed by atoms with Crippen LogP contribution in [-0.4, -0.2) is 64.3 Å². The fraction of sp³-hybridized carbons (Fsp3) is 0.370. The van der Waals surface area contributed by atoms with Gasteiger partial charge in [-0.2, -0.15) is 13.2 Å². The average Bonchev–Trinajstić information content (AvgIpc) is 3.44. The number of ether oxygens (including phenoxy) is 2. The highest BCUT2D eigenvalue weighted by Crippen LogP contribution is 2.33. The highest BCUT2D eigenvalue weighted by Gasteiger charge is 2.41. The maximum Gasteiger partial charge on any atom is 0.419 e. The van der Waals surface area contributed by atoms with Gasteiger partial charge in [0.1, 0.15) is 24.4 Å². The molecule has 212 valence electrons. The van der Waals surface area contributed by atoms with Crippen molar-refractivity contribution in [2.24, 2.45) is 0 Å². The van der Waals surface area contributed by atoms with Crippen molar-refractivity contribution in [1.29, 1.82) is 0 Å². The number of hydrogen-bond acceptors (Lipinski definition) is 7. The predicted octanol–water partition coefficient (Wildman–Crippen LogP) is 5.01. The van der Waals surface area contributed by atoms with Crippen LogP contribution in [0.2, 0.25) is 0 Å². The van der Waals surface area contributed by atoms with E-state index in [4.69, 9.17) is 9.47 Å². The molecule has 0 saturated carbocycles. The molecule has 1 atom stereocenters.